The zero-order valence-electron chi connectivity index (χ0n) is 7.69. The molecule has 1 amide bonds. The molecule has 0 unspecified atom stereocenters. The van der Waals surface area contributed by atoms with Crippen molar-refractivity contribution in [3.63, 3.8) is 0 Å². The summed E-state index contributed by atoms with van der Waals surface area (Å²) in [5.41, 5.74) is 0.749. The average molecular weight is 539 g/mol. The maximum atomic E-state index is 11.8. The first-order valence-electron chi connectivity index (χ1n) is 4.10. The van der Waals surface area contributed by atoms with E-state index >= 15 is 0 Å². The van der Waals surface area contributed by atoms with Crippen LogP contribution in [0.25, 0.3) is 0 Å². The van der Waals surface area contributed by atoms with Crippen molar-refractivity contribution in [1.82, 2.24) is 5.32 Å². The summed E-state index contributed by atoms with van der Waals surface area (Å²) >= 11 is 6.61. The van der Waals surface area contributed by atoms with Gasteiger partial charge in [-0.05, 0) is 79.9 Å². The fourth-order valence-electron chi connectivity index (χ4n) is 1.01. The largest absolute Gasteiger partial charge is 0.349 e. The standard InChI is InChI=1S/C10H8I3NO/c1-2-3-14-10(15)9-7(12)4-6(11)5-8(9)13/h2,4-5H,1,3H2,(H,14,15). The van der Waals surface area contributed by atoms with Crippen molar-refractivity contribution in [1.29, 1.82) is 0 Å². The molecule has 0 radical (unpaired) electrons. The van der Waals surface area contributed by atoms with Crippen LogP contribution in [0.5, 0.6) is 0 Å². The predicted molar refractivity (Wildman–Crippen MR) is 87.1 cm³/mol. The molecule has 15 heavy (non-hydrogen) atoms. The summed E-state index contributed by atoms with van der Waals surface area (Å²) in [6.45, 7) is 4.06. The van der Waals surface area contributed by atoms with Gasteiger partial charge >= 0.3 is 0 Å². The number of carbonyl (C=O) groups is 1. The molecule has 0 bridgehead atoms. The van der Waals surface area contributed by atoms with Gasteiger partial charge in [-0.1, -0.05) is 6.08 Å². The lowest BCUT2D eigenvalue weighted by atomic mass is 10.2. The van der Waals surface area contributed by atoms with E-state index in [2.05, 4.69) is 79.7 Å². The van der Waals surface area contributed by atoms with Crippen LogP contribution in [0.2, 0.25) is 0 Å². The third kappa shape index (κ3) is 3.84. The number of halogens is 3. The molecule has 0 saturated heterocycles. The molecular weight excluding hydrogens is 531 g/mol. The van der Waals surface area contributed by atoms with Crippen molar-refractivity contribution in [3.05, 3.63) is 41.1 Å². The van der Waals surface area contributed by atoms with E-state index in [4.69, 9.17) is 0 Å². The highest BCUT2D eigenvalue weighted by Gasteiger charge is 2.13. The van der Waals surface area contributed by atoms with E-state index in [1.165, 1.54) is 0 Å². The Balaban J connectivity index is 3.03. The number of nitrogens with one attached hydrogen (secondary N) is 1. The van der Waals surface area contributed by atoms with Crippen molar-refractivity contribution in [2.45, 2.75) is 0 Å². The van der Waals surface area contributed by atoms with Gasteiger partial charge in [0.1, 0.15) is 0 Å². The lowest BCUT2D eigenvalue weighted by Gasteiger charge is -2.08. The molecule has 0 heterocycles. The molecule has 0 spiro atoms. The highest BCUT2D eigenvalue weighted by molar-refractivity contribution is 14.1. The van der Waals surface area contributed by atoms with Crippen LogP contribution in [0.1, 0.15) is 10.4 Å². The van der Waals surface area contributed by atoms with E-state index in [1.54, 1.807) is 6.08 Å². The Morgan fingerprint density at radius 3 is 2.33 bits per heavy atom. The lowest BCUT2D eigenvalue weighted by molar-refractivity contribution is 0.0956. The second-order valence-corrected chi connectivity index (χ2v) is 6.31. The fourth-order valence-corrected chi connectivity index (χ4v) is 5.08. The number of rotatable bonds is 3. The third-order valence-electron chi connectivity index (χ3n) is 1.64. The normalized spacial score (nSPS) is 9.80. The number of hydrogen-bond acceptors (Lipinski definition) is 1. The second kappa shape index (κ2) is 6.38. The average Bonchev–Trinajstić information content (AvgIpc) is 2.12. The van der Waals surface area contributed by atoms with Gasteiger partial charge < -0.3 is 5.32 Å². The minimum Gasteiger partial charge on any atom is -0.349 e. The van der Waals surface area contributed by atoms with Gasteiger partial charge in [0.25, 0.3) is 5.91 Å². The molecule has 1 rings (SSSR count). The van der Waals surface area contributed by atoms with Crippen molar-refractivity contribution < 1.29 is 4.79 Å². The van der Waals surface area contributed by atoms with Gasteiger partial charge in [-0.3, -0.25) is 4.79 Å². The maximum absolute atomic E-state index is 11.8. The Morgan fingerprint density at radius 1 is 1.33 bits per heavy atom. The SMILES string of the molecule is C=CCNC(=O)c1c(I)cc(I)cc1I. The summed E-state index contributed by atoms with van der Waals surface area (Å²) in [6, 6.07) is 3.98. The third-order valence-corrected chi connectivity index (χ3v) is 3.97. The van der Waals surface area contributed by atoms with Crippen LogP contribution in [0.4, 0.5) is 0 Å². The molecule has 1 N–H and O–H groups in total. The minimum absolute atomic E-state index is 0.0416. The van der Waals surface area contributed by atoms with Crippen LogP contribution >= 0.6 is 67.8 Å². The summed E-state index contributed by atoms with van der Waals surface area (Å²) in [7, 11) is 0. The van der Waals surface area contributed by atoms with Crippen LogP contribution in [-0.2, 0) is 0 Å². The van der Waals surface area contributed by atoms with Crippen molar-refractivity contribution in [2.24, 2.45) is 0 Å². The molecule has 0 aliphatic rings. The molecule has 0 saturated carbocycles. The number of amides is 1. The highest BCUT2D eigenvalue weighted by Crippen LogP contribution is 2.22. The zero-order valence-corrected chi connectivity index (χ0v) is 14.2. The van der Waals surface area contributed by atoms with Gasteiger partial charge in [0.05, 0.1) is 5.56 Å². The quantitative estimate of drug-likeness (QED) is 0.464. The summed E-state index contributed by atoms with van der Waals surface area (Å²) < 4.78 is 3.09. The second-order valence-electron chi connectivity index (χ2n) is 2.74. The van der Waals surface area contributed by atoms with E-state index in [9.17, 15) is 4.79 Å². The van der Waals surface area contributed by atoms with E-state index in [-0.39, 0.29) is 5.91 Å². The molecule has 80 valence electrons. The Morgan fingerprint density at radius 2 is 1.87 bits per heavy atom. The number of carbonyl (C=O) groups excluding carboxylic acids is 1. The van der Waals surface area contributed by atoms with Gasteiger partial charge in [-0.2, -0.15) is 0 Å². The molecule has 1 aromatic rings. The smallest absolute Gasteiger partial charge is 0.253 e. The van der Waals surface area contributed by atoms with Crippen molar-refractivity contribution >= 4 is 73.7 Å². The summed E-state index contributed by atoms with van der Waals surface area (Å²) in [5.74, 6) is -0.0416. The zero-order chi connectivity index (χ0) is 11.4. The first kappa shape index (κ1) is 13.7. The summed E-state index contributed by atoms with van der Waals surface area (Å²) in [5, 5.41) is 2.78. The molecular formula is C10H8I3NO. The van der Waals surface area contributed by atoms with Gasteiger partial charge in [-0.25, -0.2) is 0 Å². The monoisotopic (exact) mass is 539 g/mol. The van der Waals surface area contributed by atoms with Crippen molar-refractivity contribution in [3.8, 4) is 0 Å². The van der Waals surface area contributed by atoms with Gasteiger partial charge in [0.2, 0.25) is 0 Å². The van der Waals surface area contributed by atoms with Crippen LogP contribution in [-0.4, -0.2) is 12.5 Å². The van der Waals surface area contributed by atoms with Crippen LogP contribution < -0.4 is 5.32 Å². The maximum Gasteiger partial charge on any atom is 0.253 e. The lowest BCUT2D eigenvalue weighted by Crippen LogP contribution is -2.25. The van der Waals surface area contributed by atoms with Gasteiger partial charge in [0, 0.05) is 17.3 Å². The Kier molecular flexibility index (Phi) is 5.82. The molecule has 2 nitrogen and oxygen atoms in total. The van der Waals surface area contributed by atoms with E-state index in [1.807, 2.05) is 12.1 Å². The van der Waals surface area contributed by atoms with Crippen LogP contribution in [0, 0.1) is 10.7 Å². The molecule has 0 aliphatic heterocycles. The molecule has 0 aliphatic carbocycles. The molecule has 0 aromatic heterocycles. The first-order valence-corrected chi connectivity index (χ1v) is 7.33. The fraction of sp³-hybridized carbons (Fsp3) is 0.100. The van der Waals surface area contributed by atoms with Crippen LogP contribution in [0.3, 0.4) is 0 Å². The van der Waals surface area contributed by atoms with E-state index < -0.39 is 0 Å². The first-order chi connectivity index (χ1) is 7.06. The Labute approximate surface area is 130 Å². The van der Waals surface area contributed by atoms with Gasteiger partial charge in [-0.15, -0.1) is 6.58 Å². The summed E-state index contributed by atoms with van der Waals surface area (Å²) in [4.78, 5) is 11.8. The van der Waals surface area contributed by atoms with Gasteiger partial charge in [0.15, 0.2) is 0 Å². The number of benzene rings is 1. The topological polar surface area (TPSA) is 29.1 Å². The molecule has 5 heteroatoms. The molecule has 0 atom stereocenters. The van der Waals surface area contributed by atoms with Crippen molar-refractivity contribution in [2.75, 3.05) is 6.54 Å². The highest BCUT2D eigenvalue weighted by atomic mass is 127. The van der Waals surface area contributed by atoms with E-state index in [0.29, 0.717) is 6.54 Å². The van der Waals surface area contributed by atoms with Crippen LogP contribution in [0.15, 0.2) is 24.8 Å². The predicted octanol–water partition coefficient (Wildman–Crippen LogP) is 3.42. The minimum atomic E-state index is -0.0416. The molecule has 0 fully saturated rings. The van der Waals surface area contributed by atoms with E-state index in [0.717, 1.165) is 16.3 Å². The summed E-state index contributed by atoms with van der Waals surface area (Å²) in [6.07, 6.45) is 1.67. The Hall–Kier alpha value is 0.620. The Bertz CT molecular complexity index is 381. The molecule has 1 aromatic carbocycles. The number of hydrogen-bond donors (Lipinski definition) is 1.